The lowest BCUT2D eigenvalue weighted by Crippen LogP contribution is -2.38. The summed E-state index contributed by atoms with van der Waals surface area (Å²) in [5, 5.41) is 0.398. The SMILES string of the molecule is O=S(=O)(c1ccc(Cl)cc1)[C@]1(c2cc(F)ccc2F)CC=C(c2ccccc2)CC1. The van der Waals surface area contributed by atoms with Crippen LogP contribution < -0.4 is 0 Å². The molecule has 0 N–H and O–H groups in total. The Labute approximate surface area is 179 Å². The zero-order chi connectivity index (χ0) is 21.4. The molecule has 0 saturated carbocycles. The summed E-state index contributed by atoms with van der Waals surface area (Å²) in [4.78, 5) is 0.0344. The van der Waals surface area contributed by atoms with Gasteiger partial charge in [0.2, 0.25) is 0 Å². The van der Waals surface area contributed by atoms with Crippen LogP contribution in [0.5, 0.6) is 0 Å². The largest absolute Gasteiger partial charge is 0.223 e. The van der Waals surface area contributed by atoms with E-state index < -0.39 is 26.2 Å². The molecular formula is C24H19ClF2O2S. The van der Waals surface area contributed by atoms with E-state index in [-0.39, 0.29) is 23.3 Å². The fourth-order valence-corrected chi connectivity index (χ4v) is 6.25. The molecule has 3 aromatic carbocycles. The highest BCUT2D eigenvalue weighted by Crippen LogP contribution is 2.48. The average molecular weight is 445 g/mol. The maximum Gasteiger partial charge on any atom is 0.188 e. The van der Waals surface area contributed by atoms with Crippen molar-refractivity contribution in [2.45, 2.75) is 28.9 Å². The first-order valence-electron chi connectivity index (χ1n) is 9.54. The molecule has 0 spiro atoms. The third-order valence-corrected chi connectivity index (χ3v) is 8.44. The van der Waals surface area contributed by atoms with Gasteiger partial charge in [0.1, 0.15) is 16.4 Å². The van der Waals surface area contributed by atoms with Crippen LogP contribution in [0.25, 0.3) is 5.57 Å². The Bertz CT molecular complexity index is 1210. The molecule has 154 valence electrons. The van der Waals surface area contributed by atoms with E-state index >= 15 is 0 Å². The summed E-state index contributed by atoms with van der Waals surface area (Å²) < 4.78 is 54.8. The summed E-state index contributed by atoms with van der Waals surface area (Å²) in [5.74, 6) is -1.40. The summed E-state index contributed by atoms with van der Waals surface area (Å²) >= 11 is 5.92. The van der Waals surface area contributed by atoms with Crippen molar-refractivity contribution in [1.82, 2.24) is 0 Å². The monoisotopic (exact) mass is 444 g/mol. The minimum Gasteiger partial charge on any atom is -0.223 e. The smallest absolute Gasteiger partial charge is 0.188 e. The minimum absolute atomic E-state index is 0.0344. The van der Waals surface area contributed by atoms with Gasteiger partial charge < -0.3 is 0 Å². The van der Waals surface area contributed by atoms with Gasteiger partial charge in [-0.2, -0.15) is 0 Å². The Balaban J connectivity index is 1.88. The lowest BCUT2D eigenvalue weighted by atomic mass is 9.81. The predicted molar refractivity (Wildman–Crippen MR) is 115 cm³/mol. The van der Waals surface area contributed by atoms with Crippen LogP contribution in [0.1, 0.15) is 30.4 Å². The van der Waals surface area contributed by atoms with Crippen LogP contribution in [0, 0.1) is 11.6 Å². The van der Waals surface area contributed by atoms with Crippen LogP contribution in [0.2, 0.25) is 5.02 Å². The van der Waals surface area contributed by atoms with Gasteiger partial charge in [-0.1, -0.05) is 48.0 Å². The lowest BCUT2D eigenvalue weighted by molar-refractivity contribution is 0.463. The van der Waals surface area contributed by atoms with Crippen molar-refractivity contribution in [3.63, 3.8) is 0 Å². The van der Waals surface area contributed by atoms with E-state index in [0.29, 0.717) is 11.4 Å². The van der Waals surface area contributed by atoms with Crippen LogP contribution in [0.4, 0.5) is 8.78 Å². The molecule has 2 nitrogen and oxygen atoms in total. The van der Waals surface area contributed by atoms with Crippen LogP contribution in [0.15, 0.2) is 83.8 Å². The molecule has 4 rings (SSSR count). The molecular weight excluding hydrogens is 426 g/mol. The van der Waals surface area contributed by atoms with Crippen molar-refractivity contribution in [3.05, 3.63) is 107 Å². The predicted octanol–water partition coefficient (Wildman–Crippen LogP) is 6.55. The molecule has 1 atom stereocenters. The second kappa shape index (κ2) is 7.97. The van der Waals surface area contributed by atoms with Gasteiger partial charge in [0.25, 0.3) is 0 Å². The second-order valence-corrected chi connectivity index (χ2v) is 10.1. The van der Waals surface area contributed by atoms with Crippen molar-refractivity contribution < 1.29 is 17.2 Å². The first-order chi connectivity index (χ1) is 14.3. The quantitative estimate of drug-likeness (QED) is 0.457. The first-order valence-corrected chi connectivity index (χ1v) is 11.4. The van der Waals surface area contributed by atoms with E-state index in [4.69, 9.17) is 11.6 Å². The molecule has 30 heavy (non-hydrogen) atoms. The number of halogens is 3. The molecule has 0 unspecified atom stereocenters. The van der Waals surface area contributed by atoms with Crippen LogP contribution >= 0.6 is 11.6 Å². The highest BCUT2D eigenvalue weighted by atomic mass is 35.5. The van der Waals surface area contributed by atoms with Crippen molar-refractivity contribution in [2.24, 2.45) is 0 Å². The maximum absolute atomic E-state index is 14.9. The molecule has 0 radical (unpaired) electrons. The highest BCUT2D eigenvalue weighted by molar-refractivity contribution is 7.92. The minimum atomic E-state index is -4.05. The molecule has 0 fully saturated rings. The Kier molecular flexibility index (Phi) is 5.51. The van der Waals surface area contributed by atoms with Gasteiger partial charge in [-0.25, -0.2) is 17.2 Å². The van der Waals surface area contributed by atoms with E-state index in [9.17, 15) is 17.2 Å². The van der Waals surface area contributed by atoms with Crippen LogP contribution in [-0.4, -0.2) is 8.42 Å². The molecule has 0 aromatic heterocycles. The average Bonchev–Trinajstić information content (AvgIpc) is 2.76. The number of hydrogen-bond acceptors (Lipinski definition) is 2. The number of benzene rings is 3. The Morgan fingerprint density at radius 3 is 2.23 bits per heavy atom. The number of sulfone groups is 1. The number of allylic oxidation sites excluding steroid dienone is 2. The maximum atomic E-state index is 14.9. The molecule has 6 heteroatoms. The molecule has 0 bridgehead atoms. The lowest BCUT2D eigenvalue weighted by Gasteiger charge is -2.37. The Morgan fingerprint density at radius 2 is 1.60 bits per heavy atom. The van der Waals surface area contributed by atoms with Gasteiger partial charge in [-0.3, -0.25) is 0 Å². The van der Waals surface area contributed by atoms with Crippen molar-refractivity contribution >= 4 is 27.0 Å². The fraction of sp³-hybridized carbons (Fsp3) is 0.167. The Morgan fingerprint density at radius 1 is 0.900 bits per heavy atom. The second-order valence-electron chi connectivity index (χ2n) is 7.38. The van der Waals surface area contributed by atoms with Crippen LogP contribution in [0.3, 0.4) is 0 Å². The molecule has 0 saturated heterocycles. The zero-order valence-corrected chi connectivity index (χ0v) is 17.6. The fourth-order valence-electron chi connectivity index (χ4n) is 4.06. The zero-order valence-electron chi connectivity index (χ0n) is 16.0. The van der Waals surface area contributed by atoms with Crippen molar-refractivity contribution in [3.8, 4) is 0 Å². The standard InChI is InChI=1S/C24H19ClF2O2S/c25-19-6-9-21(10-7-19)30(28,29)24(22-16-20(26)8-11-23(22)27)14-12-18(13-15-24)17-4-2-1-3-5-17/h1-12,16H,13-15H2/t24-/m1/s1. The van der Waals surface area contributed by atoms with Gasteiger partial charge >= 0.3 is 0 Å². The molecule has 0 amide bonds. The molecule has 0 heterocycles. The van der Waals surface area contributed by atoms with E-state index in [1.54, 1.807) is 0 Å². The Hall–Kier alpha value is -2.50. The first kappa shape index (κ1) is 20.8. The third-order valence-electron chi connectivity index (χ3n) is 5.68. The summed E-state index contributed by atoms with van der Waals surface area (Å²) in [6.45, 7) is 0. The van der Waals surface area contributed by atoms with Gasteiger partial charge in [-0.15, -0.1) is 0 Å². The molecule has 1 aliphatic rings. The summed E-state index contributed by atoms with van der Waals surface area (Å²) in [6, 6.07) is 18.4. The van der Waals surface area contributed by atoms with Gasteiger partial charge in [-0.05, 0) is 72.9 Å². The van der Waals surface area contributed by atoms with Gasteiger partial charge in [0.05, 0.1) is 4.90 Å². The van der Waals surface area contributed by atoms with Gasteiger partial charge in [0.15, 0.2) is 9.84 Å². The summed E-state index contributed by atoms with van der Waals surface area (Å²) in [7, 11) is -4.05. The molecule has 0 aliphatic heterocycles. The molecule has 1 aliphatic carbocycles. The van der Waals surface area contributed by atoms with Crippen LogP contribution in [-0.2, 0) is 14.6 Å². The highest BCUT2D eigenvalue weighted by Gasteiger charge is 2.48. The van der Waals surface area contributed by atoms with E-state index in [1.807, 2.05) is 36.4 Å². The topological polar surface area (TPSA) is 34.1 Å². The van der Waals surface area contributed by atoms with E-state index in [2.05, 4.69) is 0 Å². The van der Waals surface area contributed by atoms with E-state index in [1.165, 1.54) is 24.3 Å². The van der Waals surface area contributed by atoms with E-state index in [0.717, 1.165) is 29.3 Å². The normalized spacial score (nSPS) is 19.4. The molecule has 3 aromatic rings. The summed E-state index contributed by atoms with van der Waals surface area (Å²) in [6.07, 6.45) is 2.44. The van der Waals surface area contributed by atoms with Crippen molar-refractivity contribution in [1.29, 1.82) is 0 Å². The van der Waals surface area contributed by atoms with Gasteiger partial charge in [0, 0.05) is 10.6 Å². The number of rotatable bonds is 4. The number of hydrogen-bond donors (Lipinski definition) is 0. The third kappa shape index (κ3) is 3.57. The van der Waals surface area contributed by atoms with Crippen molar-refractivity contribution in [2.75, 3.05) is 0 Å². The summed E-state index contributed by atoms with van der Waals surface area (Å²) in [5.41, 5.74) is 1.85.